The first-order valence-corrected chi connectivity index (χ1v) is 18.4. The fourth-order valence-electron chi connectivity index (χ4n) is 7.67. The van der Waals surface area contributed by atoms with Crippen LogP contribution in [0, 0.1) is 5.92 Å². The zero-order valence-corrected chi connectivity index (χ0v) is 31.1. The minimum absolute atomic E-state index is 0.107. The molecule has 2 aliphatic rings. The number of ether oxygens (including phenoxy) is 2. The van der Waals surface area contributed by atoms with Gasteiger partial charge in [0, 0.05) is 18.7 Å². The molecule has 2 saturated heterocycles. The molecular formula is C40H46N8O6. The molecule has 2 aromatic heterocycles. The zero-order chi connectivity index (χ0) is 38.1. The second-order valence-corrected chi connectivity index (χ2v) is 14.4. The van der Waals surface area contributed by atoms with Crippen LogP contribution in [0.2, 0.25) is 0 Å². The molecule has 4 N–H and O–H groups in total. The quantitative estimate of drug-likeness (QED) is 0.138. The topological polar surface area (TPSA) is 175 Å². The summed E-state index contributed by atoms with van der Waals surface area (Å²) >= 11 is 0. The SMILES string of the molecule is COC(=O)NC(C)C(=O)N1CCC[C@H]1c1nc2ccc(-c3ccc4cc(-c5cnc([C@@H]6CCCN6C(=O)[C@@H](NC(=O)OC)C(C)C)[nH]5)ccc4c3)cc2[nH]1. The van der Waals surface area contributed by atoms with Crippen LogP contribution in [0.3, 0.4) is 0 Å². The highest BCUT2D eigenvalue weighted by Gasteiger charge is 2.38. The standard InChI is InChI=1S/C40H46N8O6/c1-22(2)34(46-40(52)54-5)38(50)48-17-6-8-32(48)35-41-21-31(45-35)28-13-12-24-18-25(10-11-26(24)19-28)27-14-15-29-30(20-27)44-36(43-29)33-9-7-16-47(33)37(49)23(3)42-39(51)53-4/h10-15,18-23,32-34H,6-9,16-17H2,1-5H3,(H,41,45)(H,42,51)(H,43,44)(H,46,52)/t23?,32-,33-,34-/m0/s1. The minimum atomic E-state index is -0.711. The molecule has 14 heteroatoms. The van der Waals surface area contributed by atoms with E-state index in [9.17, 15) is 19.2 Å². The van der Waals surface area contributed by atoms with Crippen LogP contribution < -0.4 is 10.6 Å². The van der Waals surface area contributed by atoms with E-state index in [1.807, 2.05) is 31.0 Å². The Morgan fingerprint density at radius 1 is 0.741 bits per heavy atom. The fraction of sp³-hybridized carbons (Fsp3) is 0.400. The van der Waals surface area contributed by atoms with Crippen LogP contribution >= 0.6 is 0 Å². The first-order chi connectivity index (χ1) is 26.0. The van der Waals surface area contributed by atoms with E-state index in [0.717, 1.165) is 81.5 Å². The monoisotopic (exact) mass is 734 g/mol. The van der Waals surface area contributed by atoms with Crippen LogP contribution in [0.15, 0.2) is 60.8 Å². The average molecular weight is 735 g/mol. The molecule has 7 rings (SSSR count). The van der Waals surface area contributed by atoms with E-state index in [1.54, 1.807) is 11.8 Å². The van der Waals surface area contributed by atoms with Gasteiger partial charge in [-0.3, -0.25) is 9.59 Å². The van der Waals surface area contributed by atoms with Gasteiger partial charge in [-0.25, -0.2) is 19.6 Å². The third kappa shape index (κ3) is 7.20. The smallest absolute Gasteiger partial charge is 0.407 e. The van der Waals surface area contributed by atoms with Gasteiger partial charge in [-0.15, -0.1) is 0 Å². The number of benzene rings is 3. The van der Waals surface area contributed by atoms with Gasteiger partial charge in [0.15, 0.2) is 0 Å². The van der Waals surface area contributed by atoms with Crippen molar-refractivity contribution in [2.45, 2.75) is 70.6 Å². The van der Waals surface area contributed by atoms with Gasteiger partial charge in [-0.2, -0.15) is 0 Å². The van der Waals surface area contributed by atoms with Crippen LogP contribution in [0.4, 0.5) is 9.59 Å². The number of aromatic amines is 2. The van der Waals surface area contributed by atoms with Crippen LogP contribution in [-0.2, 0) is 19.1 Å². The number of hydrogen-bond donors (Lipinski definition) is 4. The lowest BCUT2D eigenvalue weighted by molar-refractivity contribution is -0.135. The Bertz CT molecular complexity index is 2210. The number of amides is 4. The molecule has 5 aromatic rings. The number of H-pyrrole nitrogens is 2. The lowest BCUT2D eigenvalue weighted by Crippen LogP contribution is -2.51. The lowest BCUT2D eigenvalue weighted by Gasteiger charge is -2.30. The number of carbonyl (C=O) groups is 4. The normalized spacial score (nSPS) is 18.3. The summed E-state index contributed by atoms with van der Waals surface area (Å²) in [5.74, 6) is 1.04. The highest BCUT2D eigenvalue weighted by Crippen LogP contribution is 2.35. The molecule has 0 aliphatic carbocycles. The molecule has 4 atom stereocenters. The van der Waals surface area contributed by atoms with E-state index in [4.69, 9.17) is 14.7 Å². The molecule has 4 heterocycles. The number of aromatic nitrogens is 4. The fourth-order valence-corrected chi connectivity index (χ4v) is 7.67. The molecule has 14 nitrogen and oxygen atoms in total. The number of imidazole rings is 2. The number of likely N-dealkylation sites (tertiary alicyclic amines) is 2. The highest BCUT2D eigenvalue weighted by atomic mass is 16.5. The summed E-state index contributed by atoms with van der Waals surface area (Å²) in [6.07, 6.45) is 3.80. The Morgan fingerprint density at radius 2 is 1.33 bits per heavy atom. The maximum atomic E-state index is 13.6. The summed E-state index contributed by atoms with van der Waals surface area (Å²) < 4.78 is 9.42. The molecule has 2 aliphatic heterocycles. The molecule has 54 heavy (non-hydrogen) atoms. The first kappa shape index (κ1) is 36.4. The lowest BCUT2D eigenvalue weighted by atomic mass is 9.99. The first-order valence-electron chi connectivity index (χ1n) is 18.4. The van der Waals surface area contributed by atoms with E-state index < -0.39 is 24.3 Å². The third-order valence-corrected chi connectivity index (χ3v) is 10.6. The maximum absolute atomic E-state index is 13.6. The Labute approximate surface area is 313 Å². The minimum Gasteiger partial charge on any atom is -0.453 e. The number of carbonyl (C=O) groups excluding carboxylic acids is 4. The molecule has 0 bridgehead atoms. The number of fused-ring (bicyclic) bond motifs is 2. The van der Waals surface area contributed by atoms with Crippen molar-refractivity contribution in [2.24, 2.45) is 5.92 Å². The largest absolute Gasteiger partial charge is 0.453 e. The highest BCUT2D eigenvalue weighted by molar-refractivity contribution is 5.92. The second-order valence-electron chi connectivity index (χ2n) is 14.4. The Morgan fingerprint density at radius 3 is 2.02 bits per heavy atom. The van der Waals surface area contributed by atoms with Crippen LogP contribution in [0.5, 0.6) is 0 Å². The van der Waals surface area contributed by atoms with Crippen molar-refractivity contribution in [3.8, 4) is 22.4 Å². The van der Waals surface area contributed by atoms with E-state index >= 15 is 0 Å². The average Bonchev–Trinajstić information content (AvgIpc) is 4.01. The predicted octanol–water partition coefficient (Wildman–Crippen LogP) is 6.23. The van der Waals surface area contributed by atoms with E-state index in [0.29, 0.717) is 13.1 Å². The molecule has 0 saturated carbocycles. The molecule has 2 fully saturated rings. The Balaban J connectivity index is 1.07. The predicted molar refractivity (Wildman–Crippen MR) is 203 cm³/mol. The third-order valence-electron chi connectivity index (χ3n) is 10.6. The number of hydrogen-bond acceptors (Lipinski definition) is 8. The van der Waals surface area contributed by atoms with Crippen molar-refractivity contribution in [3.05, 3.63) is 72.4 Å². The molecule has 282 valence electrons. The summed E-state index contributed by atoms with van der Waals surface area (Å²) in [4.78, 5) is 70.5. The van der Waals surface area contributed by atoms with Gasteiger partial charge < -0.3 is 39.9 Å². The summed E-state index contributed by atoms with van der Waals surface area (Å²) in [7, 11) is 2.56. The van der Waals surface area contributed by atoms with Crippen molar-refractivity contribution in [1.82, 2.24) is 40.4 Å². The summed E-state index contributed by atoms with van der Waals surface area (Å²) in [6, 6.07) is 17.0. The second kappa shape index (κ2) is 15.2. The van der Waals surface area contributed by atoms with Crippen LogP contribution in [0.1, 0.15) is 70.2 Å². The number of rotatable bonds is 9. The van der Waals surface area contributed by atoms with E-state index in [-0.39, 0.29) is 29.8 Å². The van der Waals surface area contributed by atoms with E-state index in [2.05, 4.69) is 73.9 Å². The van der Waals surface area contributed by atoms with Gasteiger partial charge in [0.2, 0.25) is 11.8 Å². The van der Waals surface area contributed by atoms with Crippen molar-refractivity contribution in [1.29, 1.82) is 0 Å². The van der Waals surface area contributed by atoms with Crippen molar-refractivity contribution < 1.29 is 28.7 Å². The van der Waals surface area contributed by atoms with Gasteiger partial charge in [-0.1, -0.05) is 44.2 Å². The van der Waals surface area contributed by atoms with E-state index in [1.165, 1.54) is 14.2 Å². The number of methoxy groups -OCH3 is 2. The van der Waals surface area contributed by atoms with Gasteiger partial charge in [0.1, 0.15) is 23.7 Å². The molecule has 4 amide bonds. The summed E-state index contributed by atoms with van der Waals surface area (Å²) in [6.45, 7) is 6.65. The Kier molecular flexibility index (Phi) is 10.3. The van der Waals surface area contributed by atoms with Gasteiger partial charge in [0.05, 0.1) is 49.2 Å². The molecule has 0 spiro atoms. The summed E-state index contributed by atoms with van der Waals surface area (Å²) in [5, 5.41) is 7.43. The van der Waals surface area contributed by atoms with Gasteiger partial charge in [0.25, 0.3) is 0 Å². The van der Waals surface area contributed by atoms with Gasteiger partial charge >= 0.3 is 12.2 Å². The van der Waals surface area contributed by atoms with Crippen molar-refractivity contribution in [3.63, 3.8) is 0 Å². The van der Waals surface area contributed by atoms with Crippen molar-refractivity contribution >= 4 is 45.8 Å². The molecular weight excluding hydrogens is 688 g/mol. The van der Waals surface area contributed by atoms with Gasteiger partial charge in [-0.05, 0) is 84.7 Å². The molecule has 0 radical (unpaired) electrons. The number of alkyl carbamates (subject to hydrolysis) is 2. The Hall–Kier alpha value is -5.92. The summed E-state index contributed by atoms with van der Waals surface area (Å²) in [5.41, 5.74) is 5.65. The number of nitrogens with zero attached hydrogens (tertiary/aromatic N) is 4. The molecule has 1 unspecified atom stereocenters. The van der Waals surface area contributed by atoms with Crippen LogP contribution in [0.25, 0.3) is 44.2 Å². The molecule has 3 aromatic carbocycles. The zero-order valence-electron chi connectivity index (χ0n) is 31.1. The maximum Gasteiger partial charge on any atom is 0.407 e. The number of nitrogens with one attached hydrogen (secondary N) is 4. The van der Waals surface area contributed by atoms with Crippen molar-refractivity contribution in [2.75, 3.05) is 27.3 Å². The van der Waals surface area contributed by atoms with Crippen LogP contribution in [-0.4, -0.2) is 93.1 Å².